The Labute approximate surface area is 180 Å². The molecule has 0 heterocycles. The number of sulfone groups is 1. The van der Waals surface area contributed by atoms with Gasteiger partial charge in [-0.2, -0.15) is 0 Å². The number of nitrogens with one attached hydrogen (secondary N) is 1. The van der Waals surface area contributed by atoms with Gasteiger partial charge in [0, 0.05) is 29.3 Å². The molecule has 4 atom stereocenters. The van der Waals surface area contributed by atoms with Gasteiger partial charge >= 0.3 is 0 Å². The van der Waals surface area contributed by atoms with Gasteiger partial charge in [0.15, 0.2) is 27.3 Å². The van der Waals surface area contributed by atoms with Crippen molar-refractivity contribution in [2.24, 2.45) is 11.8 Å². The number of hydrogen-bond acceptors (Lipinski definition) is 5. The number of anilines is 1. The van der Waals surface area contributed by atoms with E-state index < -0.39 is 56.6 Å². The van der Waals surface area contributed by atoms with Crippen molar-refractivity contribution in [3.8, 4) is 0 Å². The molecule has 31 heavy (non-hydrogen) atoms. The third kappa shape index (κ3) is 3.51. The first-order valence-corrected chi connectivity index (χ1v) is 11.2. The van der Waals surface area contributed by atoms with Crippen LogP contribution in [0, 0.1) is 29.3 Å². The fourth-order valence-electron chi connectivity index (χ4n) is 4.55. The summed E-state index contributed by atoms with van der Waals surface area (Å²) < 4.78 is 66.2. The van der Waals surface area contributed by atoms with Crippen molar-refractivity contribution in [2.45, 2.75) is 28.6 Å². The van der Waals surface area contributed by atoms with Crippen molar-refractivity contribution >= 4 is 33.0 Å². The molecule has 5 rings (SSSR count). The molecule has 2 unspecified atom stereocenters. The molecule has 0 aliphatic heterocycles. The highest BCUT2D eigenvalue weighted by Gasteiger charge is 2.65. The van der Waals surface area contributed by atoms with E-state index in [0.717, 1.165) is 6.07 Å². The van der Waals surface area contributed by atoms with Gasteiger partial charge in [-0.3, -0.25) is 4.79 Å². The molecule has 3 N–H and O–H groups in total. The standard InChI is InChI=1S/C20H17ClF3NO5S/c21-13-2-1-9(19(27)25-11-5-14(22)17(24)15(23)6-11)4-16(13)31(29,30)18-10-3-12(18)20(28,7-10)8-26/h1-2,4-6,10,12,18,26,28H,3,7-8H2,(H,25,27)/t10?,12?,18-,20+/m1/s1. The summed E-state index contributed by atoms with van der Waals surface area (Å²) in [4.78, 5) is 12.2. The normalized spacial score (nSPS) is 27.1. The molecule has 3 aliphatic rings. The summed E-state index contributed by atoms with van der Waals surface area (Å²) in [6, 6.07) is 4.65. The number of hydrogen-bond donors (Lipinski definition) is 3. The highest BCUT2D eigenvalue weighted by molar-refractivity contribution is 7.92. The Balaban J connectivity index is 1.63. The van der Waals surface area contributed by atoms with E-state index in [1.54, 1.807) is 0 Å². The van der Waals surface area contributed by atoms with Gasteiger partial charge in [0.2, 0.25) is 0 Å². The predicted molar refractivity (Wildman–Crippen MR) is 105 cm³/mol. The molecule has 3 saturated carbocycles. The zero-order chi connectivity index (χ0) is 22.7. The Morgan fingerprint density at radius 1 is 1.19 bits per heavy atom. The predicted octanol–water partition coefficient (Wildman–Crippen LogP) is 2.92. The molecule has 11 heteroatoms. The van der Waals surface area contributed by atoms with Crippen LogP contribution < -0.4 is 5.32 Å². The van der Waals surface area contributed by atoms with E-state index in [1.165, 1.54) is 12.1 Å². The minimum Gasteiger partial charge on any atom is -0.393 e. The van der Waals surface area contributed by atoms with E-state index >= 15 is 0 Å². The van der Waals surface area contributed by atoms with Gasteiger partial charge in [0.1, 0.15) is 0 Å². The molecule has 0 spiro atoms. The van der Waals surface area contributed by atoms with Crippen molar-refractivity contribution in [3.63, 3.8) is 0 Å². The molecule has 2 aromatic carbocycles. The van der Waals surface area contributed by atoms with Crippen molar-refractivity contribution in [1.82, 2.24) is 0 Å². The summed E-state index contributed by atoms with van der Waals surface area (Å²) in [6.07, 6.45) is 0.609. The number of carbonyl (C=O) groups is 1. The van der Waals surface area contributed by atoms with Gasteiger partial charge < -0.3 is 15.5 Å². The minimum absolute atomic E-state index is 0.130. The number of amides is 1. The molecule has 1 amide bonds. The SMILES string of the molecule is O=C(Nc1cc(F)c(F)c(F)c1)c1ccc(Cl)c(S(=O)(=O)[C@@H]2C3CC2[C@@](O)(CO)C3)c1. The van der Waals surface area contributed by atoms with E-state index in [4.69, 9.17) is 11.6 Å². The Hall–Kier alpha value is -2.14. The summed E-state index contributed by atoms with van der Waals surface area (Å²) in [5.74, 6) is -6.55. The minimum atomic E-state index is -4.05. The second-order valence-electron chi connectivity index (χ2n) is 7.93. The Morgan fingerprint density at radius 2 is 1.84 bits per heavy atom. The van der Waals surface area contributed by atoms with Crippen LogP contribution in [0.2, 0.25) is 5.02 Å². The Bertz CT molecular complexity index is 1170. The lowest BCUT2D eigenvalue weighted by Crippen LogP contribution is -2.48. The quantitative estimate of drug-likeness (QED) is 0.577. The smallest absolute Gasteiger partial charge is 0.255 e. The average Bonchev–Trinajstić information content (AvgIpc) is 3.18. The first-order chi connectivity index (χ1) is 14.5. The summed E-state index contributed by atoms with van der Waals surface area (Å²) in [5, 5.41) is 21.0. The summed E-state index contributed by atoms with van der Waals surface area (Å²) in [7, 11) is -4.05. The van der Waals surface area contributed by atoms with Crippen LogP contribution in [0.5, 0.6) is 0 Å². The van der Waals surface area contributed by atoms with E-state index in [9.17, 15) is 36.6 Å². The maximum Gasteiger partial charge on any atom is 0.255 e. The van der Waals surface area contributed by atoms with Crippen LogP contribution in [-0.2, 0) is 9.84 Å². The first kappa shape index (κ1) is 22.1. The number of fused-ring (bicyclic) bond motifs is 1. The number of aliphatic hydroxyl groups excluding tert-OH is 1. The molecule has 0 saturated heterocycles. The second kappa shape index (κ2) is 7.47. The van der Waals surface area contributed by atoms with E-state index in [-0.39, 0.29) is 33.5 Å². The van der Waals surface area contributed by atoms with Gasteiger partial charge in [-0.25, -0.2) is 21.6 Å². The maximum absolute atomic E-state index is 13.4. The zero-order valence-electron chi connectivity index (χ0n) is 15.8. The number of benzene rings is 2. The fourth-order valence-corrected chi connectivity index (χ4v) is 7.42. The lowest BCUT2D eigenvalue weighted by Gasteiger charge is -2.38. The third-order valence-electron chi connectivity index (χ3n) is 6.10. The third-order valence-corrected chi connectivity index (χ3v) is 8.92. The molecule has 0 radical (unpaired) electrons. The second-order valence-corrected chi connectivity index (χ2v) is 10.4. The molecule has 3 fully saturated rings. The van der Waals surface area contributed by atoms with Crippen LogP contribution >= 0.6 is 11.6 Å². The number of halogens is 4. The van der Waals surface area contributed by atoms with Crippen molar-refractivity contribution in [3.05, 3.63) is 58.4 Å². The monoisotopic (exact) mass is 475 g/mol. The fraction of sp³-hybridized carbons (Fsp3) is 0.350. The van der Waals surface area contributed by atoms with Crippen molar-refractivity contribution in [1.29, 1.82) is 0 Å². The van der Waals surface area contributed by atoms with E-state index in [1.807, 2.05) is 0 Å². The average molecular weight is 476 g/mol. The molecular formula is C20H17ClF3NO5S. The molecule has 2 bridgehead atoms. The maximum atomic E-state index is 13.4. The number of aliphatic hydroxyl groups is 2. The van der Waals surface area contributed by atoms with Gasteiger partial charge in [-0.05, 0) is 37.0 Å². The zero-order valence-corrected chi connectivity index (χ0v) is 17.4. The Morgan fingerprint density at radius 3 is 2.42 bits per heavy atom. The molecule has 3 aliphatic carbocycles. The van der Waals surface area contributed by atoms with Crippen molar-refractivity contribution in [2.75, 3.05) is 11.9 Å². The molecule has 166 valence electrons. The van der Waals surface area contributed by atoms with E-state index in [0.29, 0.717) is 18.6 Å². The van der Waals surface area contributed by atoms with Crippen LogP contribution in [0.4, 0.5) is 18.9 Å². The van der Waals surface area contributed by atoms with Crippen LogP contribution in [0.15, 0.2) is 35.2 Å². The van der Waals surface area contributed by atoms with Crippen LogP contribution in [0.3, 0.4) is 0 Å². The van der Waals surface area contributed by atoms with Crippen LogP contribution in [-0.4, -0.2) is 42.0 Å². The summed E-state index contributed by atoms with van der Waals surface area (Å²) in [6.45, 7) is -0.554. The summed E-state index contributed by atoms with van der Waals surface area (Å²) >= 11 is 6.09. The molecule has 0 aromatic heterocycles. The lowest BCUT2D eigenvalue weighted by molar-refractivity contribution is -0.0355. The highest BCUT2D eigenvalue weighted by Crippen LogP contribution is 2.58. The molecule has 6 nitrogen and oxygen atoms in total. The number of carbonyl (C=O) groups excluding carboxylic acids is 1. The highest BCUT2D eigenvalue weighted by atomic mass is 35.5. The van der Waals surface area contributed by atoms with Crippen molar-refractivity contribution < 1.29 is 36.6 Å². The van der Waals surface area contributed by atoms with Gasteiger partial charge in [-0.1, -0.05) is 11.6 Å². The van der Waals surface area contributed by atoms with Gasteiger partial charge in [0.25, 0.3) is 5.91 Å². The topological polar surface area (TPSA) is 104 Å². The molecular weight excluding hydrogens is 459 g/mol. The Kier molecular flexibility index (Phi) is 5.32. The summed E-state index contributed by atoms with van der Waals surface area (Å²) in [5.41, 5.74) is -1.98. The van der Waals surface area contributed by atoms with E-state index in [2.05, 4.69) is 5.32 Å². The molecule has 2 aromatic rings. The lowest BCUT2D eigenvalue weighted by atomic mass is 9.80. The first-order valence-electron chi connectivity index (χ1n) is 9.30. The van der Waals surface area contributed by atoms with Crippen LogP contribution in [0.1, 0.15) is 23.2 Å². The van der Waals surface area contributed by atoms with Gasteiger partial charge in [-0.15, -0.1) is 0 Å². The largest absolute Gasteiger partial charge is 0.393 e. The van der Waals surface area contributed by atoms with Gasteiger partial charge in [0.05, 0.1) is 27.4 Å². The number of rotatable bonds is 5. The van der Waals surface area contributed by atoms with Crippen LogP contribution in [0.25, 0.3) is 0 Å².